The third-order valence-electron chi connectivity index (χ3n) is 5.29. The van der Waals surface area contributed by atoms with Gasteiger partial charge in [-0.1, -0.05) is 37.3 Å². The number of carbonyl (C=O) groups is 1. The summed E-state index contributed by atoms with van der Waals surface area (Å²) in [6, 6.07) is 11.3. The topological polar surface area (TPSA) is 49.6 Å². The third-order valence-corrected chi connectivity index (χ3v) is 5.29. The monoisotopic (exact) mass is 389 g/mol. The van der Waals surface area contributed by atoms with Crippen molar-refractivity contribution in [2.45, 2.75) is 58.3 Å². The van der Waals surface area contributed by atoms with Crippen molar-refractivity contribution in [2.24, 2.45) is 11.7 Å². The van der Waals surface area contributed by atoms with Crippen molar-refractivity contribution in [1.82, 2.24) is 9.80 Å². The van der Waals surface area contributed by atoms with Crippen molar-refractivity contribution in [3.63, 3.8) is 0 Å². The molecule has 4 unspecified atom stereocenters. The van der Waals surface area contributed by atoms with Gasteiger partial charge in [-0.25, -0.2) is 0 Å². The number of halogens is 2. The molecule has 0 saturated carbocycles. The summed E-state index contributed by atoms with van der Waals surface area (Å²) < 4.78 is 0. The van der Waals surface area contributed by atoms with Crippen molar-refractivity contribution >= 4 is 30.7 Å². The molecule has 1 saturated heterocycles. The van der Waals surface area contributed by atoms with Gasteiger partial charge in [0.2, 0.25) is 5.91 Å². The molecule has 0 spiro atoms. The number of nitrogens with zero attached hydrogens (tertiary/aromatic N) is 2. The fourth-order valence-corrected chi connectivity index (χ4v) is 3.33. The Bertz CT molecular complexity index is 513. The lowest BCUT2D eigenvalue weighted by Gasteiger charge is -2.42. The van der Waals surface area contributed by atoms with E-state index in [-0.39, 0.29) is 42.7 Å². The maximum Gasteiger partial charge on any atom is 0.226 e. The van der Waals surface area contributed by atoms with E-state index in [1.165, 1.54) is 5.56 Å². The Morgan fingerprint density at radius 1 is 1.28 bits per heavy atom. The van der Waals surface area contributed by atoms with Crippen LogP contribution in [0.2, 0.25) is 0 Å². The van der Waals surface area contributed by atoms with Crippen molar-refractivity contribution in [3.8, 4) is 0 Å². The molecule has 2 rings (SSSR count). The molecule has 0 bridgehead atoms. The summed E-state index contributed by atoms with van der Waals surface area (Å²) in [5, 5.41) is 0. The molecule has 25 heavy (non-hydrogen) atoms. The van der Waals surface area contributed by atoms with Crippen LogP contribution in [0.4, 0.5) is 0 Å². The van der Waals surface area contributed by atoms with E-state index in [1.807, 2.05) is 25.8 Å². The lowest BCUT2D eigenvalue weighted by molar-refractivity contribution is -0.137. The second-order valence-corrected chi connectivity index (χ2v) is 7.08. The van der Waals surface area contributed by atoms with Crippen molar-refractivity contribution in [1.29, 1.82) is 0 Å². The molecule has 1 aliphatic rings. The SMILES string of the molecule is CC(N)C(C)C(=O)N(C)C1CCN(Cc2ccccc2)C(C)C1.Cl.Cl. The van der Waals surface area contributed by atoms with Gasteiger partial charge in [0.25, 0.3) is 0 Å². The highest BCUT2D eigenvalue weighted by Crippen LogP contribution is 2.24. The van der Waals surface area contributed by atoms with Gasteiger partial charge in [0, 0.05) is 38.3 Å². The number of amides is 1. The van der Waals surface area contributed by atoms with E-state index in [0.29, 0.717) is 12.1 Å². The van der Waals surface area contributed by atoms with Crippen LogP contribution in [0.25, 0.3) is 0 Å². The number of carbonyl (C=O) groups excluding carboxylic acids is 1. The Morgan fingerprint density at radius 2 is 1.88 bits per heavy atom. The zero-order valence-electron chi connectivity index (χ0n) is 15.7. The summed E-state index contributed by atoms with van der Waals surface area (Å²) in [6.07, 6.45) is 2.06. The van der Waals surface area contributed by atoms with E-state index in [1.54, 1.807) is 0 Å². The number of nitrogens with two attached hydrogens (primary N) is 1. The van der Waals surface area contributed by atoms with Crippen LogP contribution in [0.5, 0.6) is 0 Å². The zero-order chi connectivity index (χ0) is 17.0. The summed E-state index contributed by atoms with van der Waals surface area (Å²) in [7, 11) is 1.94. The lowest BCUT2D eigenvalue weighted by Crippen LogP contribution is -2.51. The van der Waals surface area contributed by atoms with Gasteiger partial charge < -0.3 is 10.6 Å². The van der Waals surface area contributed by atoms with Gasteiger partial charge in [-0.05, 0) is 32.3 Å². The third kappa shape index (κ3) is 6.45. The number of hydrogen-bond acceptors (Lipinski definition) is 3. The van der Waals surface area contributed by atoms with Gasteiger partial charge in [0.1, 0.15) is 0 Å². The van der Waals surface area contributed by atoms with Gasteiger partial charge in [0.15, 0.2) is 0 Å². The number of likely N-dealkylation sites (tertiary alicyclic amines) is 1. The second kappa shape index (κ2) is 11.0. The van der Waals surface area contributed by atoms with Crippen LogP contribution in [0.1, 0.15) is 39.2 Å². The van der Waals surface area contributed by atoms with Crippen LogP contribution < -0.4 is 5.73 Å². The van der Waals surface area contributed by atoms with E-state index in [0.717, 1.165) is 25.9 Å². The first-order valence-corrected chi connectivity index (χ1v) is 8.70. The predicted octanol–water partition coefficient (Wildman–Crippen LogP) is 3.32. The Kier molecular flexibility index (Phi) is 10.7. The highest BCUT2D eigenvalue weighted by molar-refractivity contribution is 5.85. The molecule has 0 aromatic heterocycles. The standard InChI is InChI=1S/C19H31N3O.2ClH/c1-14-12-18(21(4)19(23)15(2)16(3)20)10-11-22(14)13-17-8-6-5-7-9-17;;/h5-9,14-16,18H,10-13,20H2,1-4H3;2*1H. The van der Waals surface area contributed by atoms with Gasteiger partial charge in [-0.15, -0.1) is 24.8 Å². The van der Waals surface area contributed by atoms with Crippen LogP contribution in [0.3, 0.4) is 0 Å². The van der Waals surface area contributed by atoms with E-state index < -0.39 is 0 Å². The molecule has 0 aliphatic carbocycles. The molecular formula is C19H33Cl2N3O. The summed E-state index contributed by atoms with van der Waals surface area (Å²) in [5.74, 6) is 0.0614. The number of rotatable bonds is 5. The minimum atomic E-state index is -0.113. The van der Waals surface area contributed by atoms with Crippen LogP contribution in [-0.4, -0.2) is 47.4 Å². The summed E-state index contributed by atoms with van der Waals surface area (Å²) >= 11 is 0. The largest absolute Gasteiger partial charge is 0.342 e. The zero-order valence-corrected chi connectivity index (χ0v) is 17.4. The highest BCUT2D eigenvalue weighted by atomic mass is 35.5. The number of hydrogen-bond donors (Lipinski definition) is 1. The number of piperidine rings is 1. The predicted molar refractivity (Wildman–Crippen MR) is 109 cm³/mol. The molecule has 144 valence electrons. The van der Waals surface area contributed by atoms with Crippen LogP contribution in [-0.2, 0) is 11.3 Å². The normalized spacial score (nSPS) is 22.9. The first kappa shape index (κ1) is 24.2. The average Bonchev–Trinajstić information content (AvgIpc) is 2.55. The fraction of sp³-hybridized carbons (Fsp3) is 0.632. The van der Waals surface area contributed by atoms with Crippen LogP contribution >= 0.6 is 24.8 Å². The Balaban J connectivity index is 0.00000288. The molecule has 4 nitrogen and oxygen atoms in total. The first-order chi connectivity index (χ1) is 10.9. The Labute approximate surface area is 164 Å². The van der Waals surface area contributed by atoms with E-state index in [4.69, 9.17) is 5.73 Å². The molecule has 0 radical (unpaired) electrons. The molecule has 1 aromatic carbocycles. The maximum atomic E-state index is 12.5. The van der Waals surface area contributed by atoms with Crippen molar-refractivity contribution in [2.75, 3.05) is 13.6 Å². The molecule has 1 amide bonds. The minimum absolute atomic E-state index is 0. The quantitative estimate of drug-likeness (QED) is 0.839. The van der Waals surface area contributed by atoms with E-state index in [9.17, 15) is 4.79 Å². The van der Waals surface area contributed by atoms with Crippen molar-refractivity contribution < 1.29 is 4.79 Å². The first-order valence-electron chi connectivity index (χ1n) is 8.70. The summed E-state index contributed by atoms with van der Waals surface area (Å²) in [4.78, 5) is 16.9. The Hall–Kier alpha value is -0.810. The van der Waals surface area contributed by atoms with E-state index in [2.05, 4.69) is 42.2 Å². The smallest absolute Gasteiger partial charge is 0.226 e. The number of benzene rings is 1. The van der Waals surface area contributed by atoms with Gasteiger partial charge in [-0.3, -0.25) is 9.69 Å². The minimum Gasteiger partial charge on any atom is -0.342 e. The summed E-state index contributed by atoms with van der Waals surface area (Å²) in [5.41, 5.74) is 7.24. The van der Waals surface area contributed by atoms with Crippen molar-refractivity contribution in [3.05, 3.63) is 35.9 Å². The average molecular weight is 390 g/mol. The van der Waals surface area contributed by atoms with E-state index >= 15 is 0 Å². The molecule has 1 aromatic rings. The molecule has 1 fully saturated rings. The second-order valence-electron chi connectivity index (χ2n) is 7.08. The van der Waals surface area contributed by atoms with Gasteiger partial charge in [-0.2, -0.15) is 0 Å². The van der Waals surface area contributed by atoms with Gasteiger partial charge in [0.05, 0.1) is 5.92 Å². The highest BCUT2D eigenvalue weighted by Gasteiger charge is 2.32. The molecule has 1 heterocycles. The lowest BCUT2D eigenvalue weighted by atomic mass is 9.94. The molecule has 6 heteroatoms. The van der Waals surface area contributed by atoms with Crippen LogP contribution in [0.15, 0.2) is 30.3 Å². The molecule has 2 N–H and O–H groups in total. The molecule has 1 aliphatic heterocycles. The van der Waals surface area contributed by atoms with Gasteiger partial charge >= 0.3 is 0 Å². The van der Waals surface area contributed by atoms with Crippen LogP contribution in [0, 0.1) is 5.92 Å². The maximum absolute atomic E-state index is 12.5. The molecule has 4 atom stereocenters. The molecular weight excluding hydrogens is 357 g/mol. The summed E-state index contributed by atoms with van der Waals surface area (Å²) in [6.45, 7) is 8.12. The fourth-order valence-electron chi connectivity index (χ4n) is 3.33. The Morgan fingerprint density at radius 3 is 2.40 bits per heavy atom.